The van der Waals surface area contributed by atoms with Gasteiger partial charge in [0.05, 0.1) is 11.6 Å². The molecule has 0 aromatic heterocycles. The summed E-state index contributed by atoms with van der Waals surface area (Å²) in [5, 5.41) is 12.9. The quantitative estimate of drug-likeness (QED) is 0.814. The fourth-order valence-electron chi connectivity index (χ4n) is 1.90. The highest BCUT2D eigenvalue weighted by Crippen LogP contribution is 2.30. The molecule has 0 saturated carbocycles. The van der Waals surface area contributed by atoms with Crippen LogP contribution in [0, 0.1) is 0 Å². The van der Waals surface area contributed by atoms with Gasteiger partial charge in [0.25, 0.3) is 0 Å². The lowest BCUT2D eigenvalue weighted by Crippen LogP contribution is -2.08. The van der Waals surface area contributed by atoms with Crippen molar-refractivity contribution in [1.29, 1.82) is 0 Å². The minimum atomic E-state index is -0.948. The monoisotopic (exact) mass is 353 g/mol. The number of benzene rings is 2. The fraction of sp³-hybridized carbons (Fsp3) is 0.133. The molecule has 0 heterocycles. The third-order valence-corrected chi connectivity index (χ3v) is 3.96. The van der Waals surface area contributed by atoms with E-state index in [0.29, 0.717) is 9.50 Å². The SMILES string of the molecule is CC(Nc1ccc(C(=O)O)cc1Br)c1ccccc1Cl. The summed E-state index contributed by atoms with van der Waals surface area (Å²) in [6.07, 6.45) is 0. The van der Waals surface area contributed by atoms with E-state index in [0.717, 1.165) is 11.3 Å². The van der Waals surface area contributed by atoms with Crippen LogP contribution in [0.4, 0.5) is 5.69 Å². The van der Waals surface area contributed by atoms with Gasteiger partial charge in [0, 0.05) is 15.2 Å². The topological polar surface area (TPSA) is 49.3 Å². The zero-order valence-corrected chi connectivity index (χ0v) is 13.1. The van der Waals surface area contributed by atoms with Gasteiger partial charge in [0.15, 0.2) is 0 Å². The Morgan fingerprint density at radius 3 is 2.60 bits per heavy atom. The summed E-state index contributed by atoms with van der Waals surface area (Å²) in [4.78, 5) is 10.9. The Morgan fingerprint density at radius 1 is 1.30 bits per heavy atom. The van der Waals surface area contributed by atoms with Crippen LogP contribution in [0.2, 0.25) is 5.02 Å². The maximum absolute atomic E-state index is 10.9. The van der Waals surface area contributed by atoms with Gasteiger partial charge in [-0.3, -0.25) is 0 Å². The second-order valence-electron chi connectivity index (χ2n) is 4.39. The summed E-state index contributed by atoms with van der Waals surface area (Å²) in [6.45, 7) is 2.00. The molecule has 5 heteroatoms. The van der Waals surface area contributed by atoms with Crippen LogP contribution in [0.25, 0.3) is 0 Å². The Balaban J connectivity index is 2.22. The van der Waals surface area contributed by atoms with Crippen molar-refractivity contribution in [2.75, 3.05) is 5.32 Å². The molecular weight excluding hydrogens is 342 g/mol. The van der Waals surface area contributed by atoms with Crippen LogP contribution in [-0.2, 0) is 0 Å². The first-order valence-corrected chi connectivity index (χ1v) is 7.20. The number of hydrogen-bond acceptors (Lipinski definition) is 2. The molecule has 2 N–H and O–H groups in total. The molecule has 2 aromatic carbocycles. The van der Waals surface area contributed by atoms with E-state index in [1.54, 1.807) is 18.2 Å². The van der Waals surface area contributed by atoms with Gasteiger partial charge in [-0.25, -0.2) is 4.79 Å². The van der Waals surface area contributed by atoms with Gasteiger partial charge < -0.3 is 10.4 Å². The molecule has 2 rings (SSSR count). The Labute approximate surface area is 130 Å². The number of anilines is 1. The number of rotatable bonds is 4. The summed E-state index contributed by atoms with van der Waals surface area (Å²) >= 11 is 9.54. The van der Waals surface area contributed by atoms with Crippen molar-refractivity contribution < 1.29 is 9.90 Å². The highest BCUT2D eigenvalue weighted by molar-refractivity contribution is 9.10. The van der Waals surface area contributed by atoms with E-state index in [-0.39, 0.29) is 11.6 Å². The molecule has 0 aliphatic carbocycles. The van der Waals surface area contributed by atoms with Gasteiger partial charge in [-0.15, -0.1) is 0 Å². The summed E-state index contributed by atoms with van der Waals surface area (Å²) in [7, 11) is 0. The van der Waals surface area contributed by atoms with Crippen LogP contribution >= 0.6 is 27.5 Å². The van der Waals surface area contributed by atoms with E-state index in [9.17, 15) is 4.79 Å². The number of carbonyl (C=O) groups is 1. The molecule has 104 valence electrons. The number of carboxylic acids is 1. The molecule has 3 nitrogen and oxygen atoms in total. The second-order valence-corrected chi connectivity index (χ2v) is 5.65. The van der Waals surface area contributed by atoms with Crippen LogP contribution in [0.5, 0.6) is 0 Å². The maximum atomic E-state index is 10.9. The van der Waals surface area contributed by atoms with Crippen LogP contribution in [0.15, 0.2) is 46.9 Å². The Bertz CT molecular complexity index is 646. The number of hydrogen-bond donors (Lipinski definition) is 2. The summed E-state index contributed by atoms with van der Waals surface area (Å²) < 4.78 is 0.705. The molecule has 0 radical (unpaired) electrons. The van der Waals surface area contributed by atoms with Gasteiger partial charge in [-0.05, 0) is 52.7 Å². The van der Waals surface area contributed by atoms with Gasteiger partial charge in [0.2, 0.25) is 0 Å². The number of halogens is 2. The van der Waals surface area contributed by atoms with E-state index >= 15 is 0 Å². The third-order valence-electron chi connectivity index (χ3n) is 2.96. The standard InChI is InChI=1S/C15H13BrClNO2/c1-9(11-4-2-3-5-13(11)17)18-14-7-6-10(15(19)20)8-12(14)16/h2-9,18H,1H3,(H,19,20). The first-order valence-electron chi connectivity index (χ1n) is 6.03. The second kappa shape index (κ2) is 6.29. The molecule has 1 unspecified atom stereocenters. The summed E-state index contributed by atoms with van der Waals surface area (Å²) in [5.74, 6) is -0.948. The van der Waals surface area contributed by atoms with Crippen LogP contribution in [0.3, 0.4) is 0 Å². The maximum Gasteiger partial charge on any atom is 0.335 e. The third kappa shape index (κ3) is 3.32. The highest BCUT2D eigenvalue weighted by atomic mass is 79.9. The molecule has 0 saturated heterocycles. The summed E-state index contributed by atoms with van der Waals surface area (Å²) in [6, 6.07) is 12.5. The average Bonchev–Trinajstić information content (AvgIpc) is 2.41. The molecule has 20 heavy (non-hydrogen) atoms. The van der Waals surface area contributed by atoms with E-state index < -0.39 is 5.97 Å². The first kappa shape index (κ1) is 14.9. The van der Waals surface area contributed by atoms with Crippen molar-refractivity contribution in [2.24, 2.45) is 0 Å². The van der Waals surface area contributed by atoms with Gasteiger partial charge in [0.1, 0.15) is 0 Å². The van der Waals surface area contributed by atoms with Crippen molar-refractivity contribution in [2.45, 2.75) is 13.0 Å². The molecule has 0 aliphatic heterocycles. The molecule has 1 atom stereocenters. The molecule has 0 aliphatic rings. The normalized spacial score (nSPS) is 11.9. The Hall–Kier alpha value is -1.52. The Morgan fingerprint density at radius 2 is 2.00 bits per heavy atom. The lowest BCUT2D eigenvalue weighted by atomic mass is 10.1. The smallest absolute Gasteiger partial charge is 0.335 e. The fourth-order valence-corrected chi connectivity index (χ4v) is 2.70. The minimum absolute atomic E-state index is 0.00989. The summed E-state index contributed by atoms with van der Waals surface area (Å²) in [5.41, 5.74) is 2.05. The zero-order valence-electron chi connectivity index (χ0n) is 10.7. The zero-order chi connectivity index (χ0) is 14.7. The average molecular weight is 355 g/mol. The van der Waals surface area contributed by atoms with Crippen molar-refractivity contribution in [3.8, 4) is 0 Å². The van der Waals surface area contributed by atoms with Crippen molar-refractivity contribution in [3.05, 3.63) is 63.1 Å². The number of carboxylic acid groups (broad SMARTS) is 1. The molecule has 2 aromatic rings. The van der Waals surface area contributed by atoms with E-state index in [1.807, 2.05) is 31.2 Å². The molecular formula is C15H13BrClNO2. The van der Waals surface area contributed by atoms with E-state index in [2.05, 4.69) is 21.2 Å². The van der Waals surface area contributed by atoms with Crippen molar-refractivity contribution >= 4 is 39.2 Å². The molecule has 0 amide bonds. The van der Waals surface area contributed by atoms with Gasteiger partial charge in [-0.1, -0.05) is 29.8 Å². The first-order chi connectivity index (χ1) is 9.49. The lowest BCUT2D eigenvalue weighted by Gasteiger charge is -2.18. The number of nitrogens with one attached hydrogen (secondary N) is 1. The predicted octanol–water partition coefficient (Wildman–Crippen LogP) is 4.97. The van der Waals surface area contributed by atoms with E-state index in [4.69, 9.17) is 16.7 Å². The number of aromatic carboxylic acids is 1. The highest BCUT2D eigenvalue weighted by Gasteiger charge is 2.12. The van der Waals surface area contributed by atoms with Crippen molar-refractivity contribution in [1.82, 2.24) is 0 Å². The van der Waals surface area contributed by atoms with Crippen LogP contribution in [0.1, 0.15) is 28.9 Å². The van der Waals surface area contributed by atoms with E-state index in [1.165, 1.54) is 0 Å². The minimum Gasteiger partial charge on any atom is -0.478 e. The Kier molecular flexibility index (Phi) is 4.68. The molecule has 0 bridgehead atoms. The molecule has 0 fully saturated rings. The van der Waals surface area contributed by atoms with Gasteiger partial charge >= 0.3 is 5.97 Å². The van der Waals surface area contributed by atoms with Crippen LogP contribution in [-0.4, -0.2) is 11.1 Å². The largest absolute Gasteiger partial charge is 0.478 e. The van der Waals surface area contributed by atoms with Crippen molar-refractivity contribution in [3.63, 3.8) is 0 Å². The molecule has 0 spiro atoms. The predicted molar refractivity (Wildman–Crippen MR) is 84.6 cm³/mol. The van der Waals surface area contributed by atoms with Crippen LogP contribution < -0.4 is 5.32 Å². The lowest BCUT2D eigenvalue weighted by molar-refractivity contribution is 0.0697. The van der Waals surface area contributed by atoms with Gasteiger partial charge in [-0.2, -0.15) is 0 Å².